The molecule has 0 aromatic carbocycles. The first-order valence-electron chi connectivity index (χ1n) is 4.51. The van der Waals surface area contributed by atoms with Crippen molar-refractivity contribution in [1.29, 1.82) is 0 Å². The van der Waals surface area contributed by atoms with Crippen LogP contribution in [0.1, 0.15) is 29.5 Å². The summed E-state index contributed by atoms with van der Waals surface area (Å²) in [6.45, 7) is 2.15. The molecule has 0 unspecified atom stereocenters. The Morgan fingerprint density at radius 3 is 2.54 bits per heavy atom. The minimum atomic E-state index is -0.717. The van der Waals surface area contributed by atoms with E-state index in [1.54, 1.807) is 11.3 Å². The Morgan fingerprint density at radius 1 is 1.38 bits per heavy atom. The maximum Gasteiger partial charge on any atom is 0.303 e. The molecule has 13 heavy (non-hydrogen) atoms. The van der Waals surface area contributed by atoms with E-state index >= 15 is 0 Å². The topological polar surface area (TPSA) is 37.3 Å². The molecule has 0 aliphatic rings. The predicted molar refractivity (Wildman–Crippen MR) is 54.3 cm³/mol. The molecule has 1 aromatic rings. The lowest BCUT2D eigenvalue weighted by Crippen LogP contribution is -1.95. The van der Waals surface area contributed by atoms with Gasteiger partial charge in [0, 0.05) is 9.75 Å². The molecule has 0 bridgehead atoms. The van der Waals surface area contributed by atoms with Crippen molar-refractivity contribution >= 4 is 17.3 Å². The van der Waals surface area contributed by atoms with E-state index in [0.717, 1.165) is 12.8 Å². The number of hydrogen-bond acceptors (Lipinski definition) is 2. The third kappa shape index (κ3) is 3.59. The van der Waals surface area contributed by atoms with Gasteiger partial charge >= 0.3 is 5.97 Å². The van der Waals surface area contributed by atoms with Crippen LogP contribution in [0.15, 0.2) is 12.1 Å². The lowest BCUT2D eigenvalue weighted by molar-refractivity contribution is -0.136. The van der Waals surface area contributed by atoms with E-state index in [-0.39, 0.29) is 6.42 Å². The van der Waals surface area contributed by atoms with Gasteiger partial charge in [-0.05, 0) is 25.0 Å². The van der Waals surface area contributed by atoms with Gasteiger partial charge in [0.1, 0.15) is 0 Å². The van der Waals surface area contributed by atoms with Gasteiger partial charge < -0.3 is 5.11 Å². The van der Waals surface area contributed by atoms with E-state index in [4.69, 9.17) is 5.11 Å². The van der Waals surface area contributed by atoms with Crippen molar-refractivity contribution in [3.63, 3.8) is 0 Å². The number of rotatable bonds is 5. The summed E-state index contributed by atoms with van der Waals surface area (Å²) in [4.78, 5) is 12.9. The predicted octanol–water partition coefficient (Wildman–Crippen LogP) is 2.72. The van der Waals surface area contributed by atoms with Crippen LogP contribution in [0, 0.1) is 0 Å². The van der Waals surface area contributed by atoms with Crippen molar-refractivity contribution in [2.24, 2.45) is 0 Å². The molecule has 0 aliphatic heterocycles. The van der Waals surface area contributed by atoms with Gasteiger partial charge in [-0.2, -0.15) is 0 Å². The summed E-state index contributed by atoms with van der Waals surface area (Å²) in [5.41, 5.74) is 0. The molecule has 0 saturated heterocycles. The van der Waals surface area contributed by atoms with Crippen LogP contribution < -0.4 is 0 Å². The standard InChI is InChI=1S/C10H14O2S/c1-2-3-8-4-5-9(13-8)6-7-10(11)12/h4-5H,2-3,6-7H2,1H3,(H,11,12). The van der Waals surface area contributed by atoms with Gasteiger partial charge in [0.15, 0.2) is 0 Å². The number of carbonyl (C=O) groups is 1. The second-order valence-corrected chi connectivity index (χ2v) is 4.26. The largest absolute Gasteiger partial charge is 0.481 e. The molecule has 0 aliphatic carbocycles. The summed E-state index contributed by atoms with van der Waals surface area (Å²) >= 11 is 1.74. The molecule has 0 amide bonds. The highest BCUT2D eigenvalue weighted by Gasteiger charge is 2.02. The van der Waals surface area contributed by atoms with Crippen LogP contribution in [0.2, 0.25) is 0 Å². The van der Waals surface area contributed by atoms with Crippen molar-refractivity contribution in [2.45, 2.75) is 32.6 Å². The molecular weight excluding hydrogens is 184 g/mol. The summed E-state index contributed by atoms with van der Waals surface area (Å²) in [7, 11) is 0. The molecule has 1 rings (SSSR count). The molecule has 0 spiro atoms. The number of carboxylic acids is 1. The van der Waals surface area contributed by atoms with E-state index in [2.05, 4.69) is 13.0 Å². The zero-order valence-corrected chi connectivity index (χ0v) is 8.56. The fourth-order valence-electron chi connectivity index (χ4n) is 1.17. The van der Waals surface area contributed by atoms with E-state index in [1.165, 1.54) is 9.75 Å². The molecule has 1 N–H and O–H groups in total. The lowest BCUT2D eigenvalue weighted by atomic mass is 10.2. The van der Waals surface area contributed by atoms with Crippen LogP contribution in [0.4, 0.5) is 0 Å². The third-order valence-corrected chi connectivity index (χ3v) is 3.00. The van der Waals surface area contributed by atoms with Crippen molar-refractivity contribution in [1.82, 2.24) is 0 Å². The Bertz CT molecular complexity index is 278. The zero-order valence-electron chi connectivity index (χ0n) is 7.75. The van der Waals surface area contributed by atoms with Crippen molar-refractivity contribution in [3.05, 3.63) is 21.9 Å². The highest BCUT2D eigenvalue weighted by molar-refractivity contribution is 7.11. The molecule has 2 nitrogen and oxygen atoms in total. The number of thiophene rings is 1. The van der Waals surface area contributed by atoms with E-state index in [0.29, 0.717) is 6.42 Å². The Hall–Kier alpha value is -0.830. The molecule has 0 saturated carbocycles. The average Bonchev–Trinajstić information content (AvgIpc) is 2.50. The Kier molecular flexibility index (Phi) is 3.96. The van der Waals surface area contributed by atoms with Crippen LogP contribution in [0.3, 0.4) is 0 Å². The fourth-order valence-corrected chi connectivity index (χ4v) is 2.29. The van der Waals surface area contributed by atoms with Gasteiger partial charge in [0.2, 0.25) is 0 Å². The minimum absolute atomic E-state index is 0.242. The third-order valence-electron chi connectivity index (χ3n) is 1.80. The number of aryl methyl sites for hydroxylation is 2. The summed E-state index contributed by atoms with van der Waals surface area (Å²) in [6, 6.07) is 4.14. The van der Waals surface area contributed by atoms with Gasteiger partial charge in [-0.25, -0.2) is 0 Å². The summed E-state index contributed by atoms with van der Waals surface area (Å²) in [5.74, 6) is -0.717. The first-order valence-corrected chi connectivity index (χ1v) is 5.33. The second kappa shape index (κ2) is 5.02. The fraction of sp³-hybridized carbons (Fsp3) is 0.500. The molecule has 72 valence electrons. The maximum atomic E-state index is 10.3. The van der Waals surface area contributed by atoms with Gasteiger partial charge in [0.05, 0.1) is 6.42 Å². The lowest BCUT2D eigenvalue weighted by Gasteiger charge is -1.92. The number of hydrogen-bond donors (Lipinski definition) is 1. The van der Waals surface area contributed by atoms with Crippen molar-refractivity contribution < 1.29 is 9.90 Å². The first kappa shape index (κ1) is 10.3. The Balaban J connectivity index is 2.44. The van der Waals surface area contributed by atoms with Gasteiger partial charge in [-0.3, -0.25) is 4.79 Å². The molecule has 3 heteroatoms. The average molecular weight is 198 g/mol. The van der Waals surface area contributed by atoms with Gasteiger partial charge in [0.25, 0.3) is 0 Å². The Morgan fingerprint density at radius 2 is 2.00 bits per heavy atom. The highest BCUT2D eigenvalue weighted by Crippen LogP contribution is 2.19. The van der Waals surface area contributed by atoms with Crippen LogP contribution in [-0.2, 0) is 17.6 Å². The molecule has 1 aromatic heterocycles. The second-order valence-electron chi connectivity index (χ2n) is 3.01. The minimum Gasteiger partial charge on any atom is -0.481 e. The molecule has 0 fully saturated rings. The molecule has 0 radical (unpaired) electrons. The summed E-state index contributed by atoms with van der Waals surface area (Å²) < 4.78 is 0. The molecular formula is C10H14O2S. The van der Waals surface area contributed by atoms with E-state index < -0.39 is 5.97 Å². The van der Waals surface area contributed by atoms with Crippen molar-refractivity contribution in [2.75, 3.05) is 0 Å². The molecule has 1 heterocycles. The monoisotopic (exact) mass is 198 g/mol. The maximum absolute atomic E-state index is 10.3. The van der Waals surface area contributed by atoms with Gasteiger partial charge in [-0.15, -0.1) is 11.3 Å². The smallest absolute Gasteiger partial charge is 0.303 e. The van der Waals surface area contributed by atoms with Crippen molar-refractivity contribution in [3.8, 4) is 0 Å². The van der Waals surface area contributed by atoms with E-state index in [1.807, 2.05) is 6.07 Å². The normalized spacial score (nSPS) is 10.2. The van der Waals surface area contributed by atoms with Crippen LogP contribution in [-0.4, -0.2) is 11.1 Å². The quantitative estimate of drug-likeness (QED) is 0.789. The van der Waals surface area contributed by atoms with Gasteiger partial charge in [-0.1, -0.05) is 13.3 Å². The Labute approximate surface area is 82.2 Å². The summed E-state index contributed by atoms with van der Waals surface area (Å²) in [6.07, 6.45) is 3.17. The van der Waals surface area contributed by atoms with Crippen LogP contribution in [0.25, 0.3) is 0 Å². The van der Waals surface area contributed by atoms with E-state index in [9.17, 15) is 4.79 Å². The highest BCUT2D eigenvalue weighted by atomic mass is 32.1. The zero-order chi connectivity index (χ0) is 9.68. The van der Waals surface area contributed by atoms with Crippen LogP contribution >= 0.6 is 11.3 Å². The summed E-state index contributed by atoms with van der Waals surface area (Å²) in [5, 5.41) is 8.49. The number of aliphatic carboxylic acids is 1. The molecule has 0 atom stereocenters. The van der Waals surface area contributed by atoms with Crippen LogP contribution in [0.5, 0.6) is 0 Å². The SMILES string of the molecule is CCCc1ccc(CCC(=O)O)s1. The number of carboxylic acid groups (broad SMARTS) is 1. The first-order chi connectivity index (χ1) is 6.22.